The van der Waals surface area contributed by atoms with Gasteiger partial charge in [0.05, 0.1) is 48.7 Å². The molecule has 0 radical (unpaired) electrons. The number of rotatable bonds is 25. The van der Waals surface area contributed by atoms with Crippen LogP contribution >= 0.6 is 11.3 Å². The van der Waals surface area contributed by atoms with Gasteiger partial charge in [0, 0.05) is 51.8 Å². The van der Waals surface area contributed by atoms with E-state index in [-0.39, 0.29) is 66.6 Å². The van der Waals surface area contributed by atoms with Gasteiger partial charge in [-0.1, -0.05) is 85.2 Å². The van der Waals surface area contributed by atoms with Gasteiger partial charge in [-0.3, -0.25) is 28.9 Å². The van der Waals surface area contributed by atoms with Gasteiger partial charge in [-0.15, -0.1) is 11.3 Å². The summed E-state index contributed by atoms with van der Waals surface area (Å²) in [6, 6.07) is 6.91. The quantitative estimate of drug-likeness (QED) is 0.0951. The summed E-state index contributed by atoms with van der Waals surface area (Å²) in [7, 11) is 8.52. The second-order valence-corrected chi connectivity index (χ2v) is 21.0. The zero-order chi connectivity index (χ0) is 51.2. The number of nitrogens with zero attached hydrogens (tertiary/aromatic N) is 5. The Balaban J connectivity index is 1.82. The minimum absolute atomic E-state index is 0.0150. The maximum absolute atomic E-state index is 14.5. The van der Waals surface area contributed by atoms with Crippen molar-refractivity contribution in [2.75, 3.05) is 55.0 Å². The highest BCUT2D eigenvalue weighted by Crippen LogP contribution is 2.31. The van der Waals surface area contributed by atoms with Crippen molar-refractivity contribution in [3.8, 4) is 0 Å². The van der Waals surface area contributed by atoms with Crippen LogP contribution in [0, 0.1) is 23.7 Å². The number of amides is 6. The molecule has 3 rings (SSSR count). The Labute approximate surface area is 409 Å². The average molecular weight is 971 g/mol. The Morgan fingerprint density at radius 3 is 2.10 bits per heavy atom. The lowest BCUT2D eigenvalue weighted by atomic mass is 9.89. The van der Waals surface area contributed by atoms with Gasteiger partial charge in [-0.25, -0.2) is 9.78 Å². The number of carbonyl (C=O) groups is 6. The molecule has 0 saturated carbocycles. The minimum Gasteiger partial charge on any atom is -0.465 e. The largest absolute Gasteiger partial charge is 0.465 e. The van der Waals surface area contributed by atoms with Crippen molar-refractivity contribution in [2.45, 2.75) is 149 Å². The molecule has 6 amide bonds. The number of benzene rings is 1. The van der Waals surface area contributed by atoms with Gasteiger partial charge in [0.15, 0.2) is 0 Å². The van der Waals surface area contributed by atoms with E-state index in [0.717, 1.165) is 5.56 Å². The molecule has 4 N–H and O–H groups in total. The lowest BCUT2D eigenvalue weighted by molar-refractivity contribution is -0.148. The van der Waals surface area contributed by atoms with Crippen LogP contribution in [0.25, 0.3) is 0 Å². The predicted octanol–water partition coefficient (Wildman–Crippen LogP) is 5.70. The summed E-state index contributed by atoms with van der Waals surface area (Å²) < 4.78 is 12.2. The molecule has 0 aliphatic carbocycles. The summed E-state index contributed by atoms with van der Waals surface area (Å²) in [5.41, 5.74) is 0.457. The molecule has 0 bridgehead atoms. The summed E-state index contributed by atoms with van der Waals surface area (Å²) in [6.45, 7) is 19.6. The van der Waals surface area contributed by atoms with Gasteiger partial charge in [-0.05, 0) is 77.4 Å². The van der Waals surface area contributed by atoms with Crippen LogP contribution in [-0.4, -0.2) is 162 Å². The monoisotopic (exact) mass is 971 g/mol. The first kappa shape index (κ1) is 57.7. The number of likely N-dealkylation sites (N-methyl/N-ethyl adjacent to an activating group) is 2. The molecular weight excluding hydrogens is 889 g/mol. The molecule has 2 heterocycles. The van der Waals surface area contributed by atoms with Gasteiger partial charge >= 0.3 is 6.09 Å². The summed E-state index contributed by atoms with van der Waals surface area (Å²) >= 11 is 1.24. The van der Waals surface area contributed by atoms with E-state index in [1.54, 1.807) is 64.1 Å². The van der Waals surface area contributed by atoms with Gasteiger partial charge in [-0.2, -0.15) is 0 Å². The van der Waals surface area contributed by atoms with E-state index >= 15 is 0 Å². The number of nitrogens with one attached hydrogen (secondary N) is 3. The molecule has 1 aliphatic rings. The first-order valence-electron chi connectivity index (χ1n) is 24.1. The summed E-state index contributed by atoms with van der Waals surface area (Å²) in [5, 5.41) is 20.8. The maximum atomic E-state index is 14.5. The fraction of sp³-hybridized carbons (Fsp3) is 0.700. The number of likely N-dealkylation sites (tertiary alicyclic amines) is 1. The molecule has 1 saturated heterocycles. The molecule has 3 unspecified atom stereocenters. The number of aromatic nitrogens is 1. The molecule has 9 atom stereocenters. The topological polar surface area (TPSA) is 203 Å². The van der Waals surface area contributed by atoms with Crippen molar-refractivity contribution in [1.82, 2.24) is 40.5 Å². The standard InChI is InChI=1S/C50H82N8O9S/c1-16-32(6)42(56(13)48(63)40(30(2)3)54-46(62)41(31(4)5)55(11)12)38(66-14)28-39(59)57-25-20-23-37(57)43(67-15)33(7)44(60)52-35(27-34-21-18-17-19-22-34)47-53-36(29-68-47)45(61)51-24-26-58(49(64)65)50(8,9)10/h17-19,21-22,29-33,35,37-38,40-43H,16,20,23-28H2,1-15H3,(H,51,61)(H,52,60)(H,54,62)(H,64,65)/t32-,33+,35-,37?,38+,40?,41?,42-,43+/m0/s1. The highest BCUT2D eigenvalue weighted by Gasteiger charge is 2.43. The molecule has 68 heavy (non-hydrogen) atoms. The van der Waals surface area contributed by atoms with Gasteiger partial charge in [0.2, 0.25) is 23.6 Å². The molecule has 1 aromatic heterocycles. The maximum Gasteiger partial charge on any atom is 0.407 e. The van der Waals surface area contributed by atoms with E-state index < -0.39 is 65.9 Å². The van der Waals surface area contributed by atoms with Crippen molar-refractivity contribution in [3.05, 3.63) is 52.0 Å². The smallest absolute Gasteiger partial charge is 0.407 e. The Morgan fingerprint density at radius 1 is 0.926 bits per heavy atom. The van der Waals surface area contributed by atoms with E-state index in [1.807, 2.05) is 90.9 Å². The summed E-state index contributed by atoms with van der Waals surface area (Å²) in [6.07, 6.45) is -0.00727. The molecule has 17 nitrogen and oxygen atoms in total. The summed E-state index contributed by atoms with van der Waals surface area (Å²) in [5.74, 6) is -2.36. The van der Waals surface area contributed by atoms with E-state index in [4.69, 9.17) is 9.47 Å². The lowest BCUT2D eigenvalue weighted by Crippen LogP contribution is -2.59. The highest BCUT2D eigenvalue weighted by molar-refractivity contribution is 7.09. The molecule has 1 aliphatic heterocycles. The number of thiazole rings is 1. The number of hydrogen-bond donors (Lipinski definition) is 4. The molecule has 382 valence electrons. The number of ether oxygens (including phenoxy) is 2. The first-order chi connectivity index (χ1) is 31.9. The van der Waals surface area contributed by atoms with Crippen molar-refractivity contribution in [1.29, 1.82) is 0 Å². The van der Waals surface area contributed by atoms with Crippen LogP contribution in [0.2, 0.25) is 0 Å². The molecular formula is C50H82N8O9S. The molecule has 1 aromatic carbocycles. The zero-order valence-electron chi connectivity index (χ0n) is 43.3. The van der Waals surface area contributed by atoms with Crippen LogP contribution in [0.1, 0.15) is 122 Å². The predicted molar refractivity (Wildman–Crippen MR) is 265 cm³/mol. The van der Waals surface area contributed by atoms with Crippen LogP contribution in [-0.2, 0) is 35.1 Å². The normalized spacial score (nSPS) is 17.7. The fourth-order valence-corrected chi connectivity index (χ4v) is 10.3. The second kappa shape index (κ2) is 26.4. The molecule has 1 fully saturated rings. The van der Waals surface area contributed by atoms with Crippen molar-refractivity contribution >= 4 is 47.0 Å². The second-order valence-electron chi connectivity index (χ2n) is 20.2. The number of carboxylic acid groups (broad SMARTS) is 1. The Bertz CT molecular complexity index is 1950. The van der Waals surface area contributed by atoms with Crippen LogP contribution in [0.15, 0.2) is 35.7 Å². The van der Waals surface area contributed by atoms with Crippen LogP contribution in [0.3, 0.4) is 0 Å². The third kappa shape index (κ3) is 15.4. The SMILES string of the molecule is CC[C@H](C)[C@@H]([C@@H](CC(=O)N1CCCC1[C@H](OC)[C@@H](C)C(=O)N[C@@H](Cc1ccccc1)c1nc(C(=O)NCCN(C(=O)O)C(C)(C)C)cs1)OC)N(C)C(=O)C(NC(=O)C(C(C)C)N(C)C)C(C)C. The third-order valence-electron chi connectivity index (χ3n) is 13.3. The molecule has 18 heteroatoms. The lowest BCUT2D eigenvalue weighted by Gasteiger charge is -2.41. The highest BCUT2D eigenvalue weighted by atomic mass is 32.1. The fourth-order valence-electron chi connectivity index (χ4n) is 9.41. The van der Waals surface area contributed by atoms with E-state index in [2.05, 4.69) is 20.9 Å². The van der Waals surface area contributed by atoms with Crippen molar-refractivity contribution in [2.24, 2.45) is 23.7 Å². The summed E-state index contributed by atoms with van der Waals surface area (Å²) in [4.78, 5) is 92.9. The molecule has 2 aromatic rings. The van der Waals surface area contributed by atoms with Crippen LogP contribution in [0.4, 0.5) is 4.79 Å². The molecule has 0 spiro atoms. The van der Waals surface area contributed by atoms with Crippen LogP contribution < -0.4 is 16.0 Å². The van der Waals surface area contributed by atoms with Crippen LogP contribution in [0.5, 0.6) is 0 Å². The third-order valence-corrected chi connectivity index (χ3v) is 14.2. The Hall–Kier alpha value is -4.65. The number of methoxy groups -OCH3 is 2. The van der Waals surface area contributed by atoms with Crippen molar-refractivity contribution in [3.63, 3.8) is 0 Å². The van der Waals surface area contributed by atoms with Gasteiger partial charge < -0.3 is 45.2 Å². The van der Waals surface area contributed by atoms with Gasteiger partial charge in [0.25, 0.3) is 5.91 Å². The zero-order valence-corrected chi connectivity index (χ0v) is 44.1. The number of carbonyl (C=O) groups excluding carboxylic acids is 5. The van der Waals surface area contributed by atoms with E-state index in [0.29, 0.717) is 37.2 Å². The van der Waals surface area contributed by atoms with E-state index in [9.17, 15) is 33.9 Å². The average Bonchev–Trinajstić information content (AvgIpc) is 3.97. The minimum atomic E-state index is -1.08. The first-order valence-corrected chi connectivity index (χ1v) is 24.9. The number of hydrogen-bond acceptors (Lipinski definition) is 11. The van der Waals surface area contributed by atoms with Crippen molar-refractivity contribution < 1.29 is 43.3 Å². The van der Waals surface area contributed by atoms with Gasteiger partial charge in [0.1, 0.15) is 16.7 Å². The Morgan fingerprint density at radius 2 is 1.57 bits per heavy atom. The van der Waals surface area contributed by atoms with E-state index in [1.165, 1.54) is 16.2 Å². The Kier molecular flexibility index (Phi) is 22.4.